The maximum absolute atomic E-state index is 4.67. The van der Waals surface area contributed by atoms with Crippen molar-refractivity contribution >= 4 is 21.5 Å². The van der Waals surface area contributed by atoms with E-state index < -0.39 is 0 Å². The predicted octanol–water partition coefficient (Wildman–Crippen LogP) is 5.38. The van der Waals surface area contributed by atoms with Gasteiger partial charge >= 0.3 is 0 Å². The quantitative estimate of drug-likeness (QED) is 0.441. The summed E-state index contributed by atoms with van der Waals surface area (Å²) in [5, 5.41) is 4.83. The molecule has 23 heavy (non-hydrogen) atoms. The molecule has 0 amide bonds. The van der Waals surface area contributed by atoms with Crippen LogP contribution in [-0.2, 0) is 0 Å². The second-order valence-corrected chi connectivity index (χ2v) is 6.24. The van der Waals surface area contributed by atoms with Gasteiger partial charge in [0.05, 0.1) is 5.69 Å². The van der Waals surface area contributed by atoms with Gasteiger partial charge in [0.2, 0.25) is 0 Å². The lowest BCUT2D eigenvalue weighted by Gasteiger charge is -2.10. The zero-order valence-electron chi connectivity index (χ0n) is 13.6. The van der Waals surface area contributed by atoms with Crippen LogP contribution < -0.4 is 0 Å². The average molecular weight is 298 g/mol. The van der Waals surface area contributed by atoms with Gasteiger partial charge in [0.1, 0.15) is 0 Å². The number of nitrogens with zero attached hydrogens (tertiary/aromatic N) is 2. The molecule has 4 aromatic rings. The number of pyridine rings is 2. The fourth-order valence-electron chi connectivity index (χ4n) is 3.33. The molecule has 0 spiro atoms. The summed E-state index contributed by atoms with van der Waals surface area (Å²) in [4.78, 5) is 9.08. The van der Waals surface area contributed by atoms with Crippen LogP contribution in [0.25, 0.3) is 32.8 Å². The van der Waals surface area contributed by atoms with Gasteiger partial charge in [-0.15, -0.1) is 0 Å². The molecule has 0 aliphatic rings. The first kappa shape index (κ1) is 13.9. The highest BCUT2D eigenvalue weighted by Gasteiger charge is 2.09. The van der Waals surface area contributed by atoms with E-state index in [1.165, 1.54) is 38.2 Å². The van der Waals surface area contributed by atoms with E-state index >= 15 is 0 Å². The normalized spacial score (nSPS) is 11.3. The summed E-state index contributed by atoms with van der Waals surface area (Å²) < 4.78 is 0. The van der Waals surface area contributed by atoms with Gasteiger partial charge in [-0.05, 0) is 55.8 Å². The van der Waals surface area contributed by atoms with Crippen LogP contribution in [0.3, 0.4) is 0 Å². The Kier molecular flexibility index (Phi) is 3.12. The topological polar surface area (TPSA) is 25.8 Å². The predicted molar refractivity (Wildman–Crippen MR) is 96.7 cm³/mol. The number of hydrogen-bond donors (Lipinski definition) is 0. The van der Waals surface area contributed by atoms with Crippen LogP contribution in [0, 0.1) is 20.8 Å². The third kappa shape index (κ3) is 2.36. The van der Waals surface area contributed by atoms with Crippen molar-refractivity contribution in [2.45, 2.75) is 20.8 Å². The minimum atomic E-state index is 1.04. The van der Waals surface area contributed by atoms with Gasteiger partial charge < -0.3 is 0 Å². The summed E-state index contributed by atoms with van der Waals surface area (Å²) in [5.74, 6) is 0. The van der Waals surface area contributed by atoms with Gasteiger partial charge in [0.25, 0.3) is 0 Å². The first-order chi connectivity index (χ1) is 11.1. The molecule has 0 radical (unpaired) electrons. The minimum absolute atomic E-state index is 1.04. The average Bonchev–Trinajstić information content (AvgIpc) is 2.53. The molecule has 0 fully saturated rings. The molecule has 112 valence electrons. The van der Waals surface area contributed by atoms with Gasteiger partial charge in [0.15, 0.2) is 0 Å². The van der Waals surface area contributed by atoms with E-state index in [1.54, 1.807) is 0 Å². The number of aromatic nitrogens is 2. The Bertz CT molecular complexity index is 1030. The maximum atomic E-state index is 4.67. The van der Waals surface area contributed by atoms with Gasteiger partial charge in [-0.25, -0.2) is 0 Å². The van der Waals surface area contributed by atoms with E-state index in [-0.39, 0.29) is 0 Å². The third-order valence-corrected chi connectivity index (χ3v) is 4.28. The second-order valence-electron chi connectivity index (χ2n) is 6.24. The Morgan fingerprint density at radius 3 is 2.26 bits per heavy atom. The van der Waals surface area contributed by atoms with Crippen molar-refractivity contribution in [2.75, 3.05) is 0 Å². The van der Waals surface area contributed by atoms with Crippen LogP contribution in [0.15, 0.2) is 54.9 Å². The molecule has 4 rings (SSSR count). The second kappa shape index (κ2) is 5.17. The third-order valence-electron chi connectivity index (χ3n) is 4.28. The number of benzene rings is 2. The lowest BCUT2D eigenvalue weighted by molar-refractivity contribution is 1.23. The van der Waals surface area contributed by atoms with Crippen molar-refractivity contribution in [1.82, 2.24) is 9.97 Å². The van der Waals surface area contributed by atoms with Gasteiger partial charge in [-0.2, -0.15) is 0 Å². The molecule has 0 aliphatic carbocycles. The van der Waals surface area contributed by atoms with Crippen LogP contribution in [0.4, 0.5) is 0 Å². The van der Waals surface area contributed by atoms with E-state index in [2.05, 4.69) is 66.3 Å². The van der Waals surface area contributed by atoms with Crippen LogP contribution in [-0.4, -0.2) is 9.97 Å². The van der Waals surface area contributed by atoms with E-state index in [1.807, 2.05) is 19.3 Å². The Morgan fingerprint density at radius 1 is 0.696 bits per heavy atom. The summed E-state index contributed by atoms with van der Waals surface area (Å²) in [6, 6.07) is 15.2. The number of rotatable bonds is 1. The zero-order chi connectivity index (χ0) is 16.0. The molecule has 0 bridgehead atoms. The molecular formula is C21H18N2. The lowest BCUT2D eigenvalue weighted by atomic mass is 9.97. The SMILES string of the molecule is Cc1cc(C)cc(-c2nccc3c2ccc2cnc(C)cc23)c1. The Hall–Kier alpha value is -2.74. The minimum Gasteiger partial charge on any atom is -0.261 e. The van der Waals surface area contributed by atoms with Crippen molar-refractivity contribution in [1.29, 1.82) is 0 Å². The summed E-state index contributed by atoms with van der Waals surface area (Å²) in [5.41, 5.74) is 5.79. The Labute approximate surface area is 135 Å². The highest BCUT2D eigenvalue weighted by molar-refractivity contribution is 6.11. The summed E-state index contributed by atoms with van der Waals surface area (Å²) in [6.07, 6.45) is 3.85. The van der Waals surface area contributed by atoms with E-state index in [4.69, 9.17) is 0 Å². The molecule has 2 nitrogen and oxygen atoms in total. The monoisotopic (exact) mass is 298 g/mol. The summed E-state index contributed by atoms with van der Waals surface area (Å²) >= 11 is 0. The van der Waals surface area contributed by atoms with E-state index in [0.29, 0.717) is 0 Å². The van der Waals surface area contributed by atoms with Crippen LogP contribution >= 0.6 is 0 Å². The lowest BCUT2D eigenvalue weighted by Crippen LogP contribution is -1.90. The summed E-state index contributed by atoms with van der Waals surface area (Å²) in [7, 11) is 0. The van der Waals surface area contributed by atoms with Crippen molar-refractivity contribution in [3.05, 3.63) is 71.7 Å². The molecule has 0 saturated carbocycles. The molecule has 2 heteroatoms. The first-order valence-electron chi connectivity index (χ1n) is 7.84. The first-order valence-corrected chi connectivity index (χ1v) is 7.84. The number of hydrogen-bond acceptors (Lipinski definition) is 2. The molecule has 2 aromatic heterocycles. The van der Waals surface area contributed by atoms with Crippen LogP contribution in [0.1, 0.15) is 16.8 Å². The van der Waals surface area contributed by atoms with Crippen molar-refractivity contribution in [3.8, 4) is 11.3 Å². The molecule has 0 saturated heterocycles. The van der Waals surface area contributed by atoms with Gasteiger partial charge in [0, 0.05) is 34.4 Å². The molecule has 0 atom stereocenters. The Morgan fingerprint density at radius 2 is 1.48 bits per heavy atom. The smallest absolute Gasteiger partial charge is 0.0780 e. The van der Waals surface area contributed by atoms with Gasteiger partial charge in [-0.3, -0.25) is 9.97 Å². The number of aryl methyl sites for hydroxylation is 3. The molecule has 0 aliphatic heterocycles. The highest BCUT2D eigenvalue weighted by atomic mass is 14.7. The molecule has 0 N–H and O–H groups in total. The molecule has 2 aromatic carbocycles. The fraction of sp³-hybridized carbons (Fsp3) is 0.143. The van der Waals surface area contributed by atoms with Crippen molar-refractivity contribution in [3.63, 3.8) is 0 Å². The maximum Gasteiger partial charge on any atom is 0.0780 e. The van der Waals surface area contributed by atoms with Crippen molar-refractivity contribution in [2.24, 2.45) is 0 Å². The van der Waals surface area contributed by atoms with Gasteiger partial charge in [-0.1, -0.05) is 29.3 Å². The fourth-order valence-corrected chi connectivity index (χ4v) is 3.33. The van der Waals surface area contributed by atoms with Crippen LogP contribution in [0.5, 0.6) is 0 Å². The molecule has 2 heterocycles. The highest BCUT2D eigenvalue weighted by Crippen LogP contribution is 2.32. The largest absolute Gasteiger partial charge is 0.261 e. The molecule has 0 unspecified atom stereocenters. The zero-order valence-corrected chi connectivity index (χ0v) is 13.6. The standard InChI is InChI=1S/C21H18N2/c1-13-8-14(2)10-17(9-13)21-19-5-4-16-12-23-15(3)11-20(16)18(19)6-7-22-21/h4-12H,1-3H3. The number of fused-ring (bicyclic) bond motifs is 3. The van der Waals surface area contributed by atoms with E-state index in [9.17, 15) is 0 Å². The van der Waals surface area contributed by atoms with Crippen LogP contribution in [0.2, 0.25) is 0 Å². The van der Waals surface area contributed by atoms with Crippen molar-refractivity contribution < 1.29 is 0 Å². The van der Waals surface area contributed by atoms with E-state index in [0.717, 1.165) is 11.4 Å². The molecular weight excluding hydrogens is 280 g/mol. The summed E-state index contributed by atoms with van der Waals surface area (Å²) in [6.45, 7) is 6.29. The Balaban J connectivity index is 2.08.